The summed E-state index contributed by atoms with van der Waals surface area (Å²) >= 11 is 0. The second-order valence-corrected chi connectivity index (χ2v) is 13.1. The molecule has 1 heterocycles. The van der Waals surface area contributed by atoms with Crippen LogP contribution in [0.5, 0.6) is 0 Å². The van der Waals surface area contributed by atoms with Gasteiger partial charge in [-0.3, -0.25) is 0 Å². The molecule has 7 aromatic rings. The van der Waals surface area contributed by atoms with E-state index in [1.54, 1.807) is 0 Å². The molecular formula is C45H36O. The lowest BCUT2D eigenvalue weighted by molar-refractivity contribution is 0.662. The maximum atomic E-state index is 6.23. The summed E-state index contributed by atoms with van der Waals surface area (Å²) in [4.78, 5) is 0. The molecule has 0 bridgehead atoms. The van der Waals surface area contributed by atoms with E-state index in [4.69, 9.17) is 17.6 Å². The predicted molar refractivity (Wildman–Crippen MR) is 200 cm³/mol. The van der Waals surface area contributed by atoms with E-state index in [0.717, 1.165) is 38.5 Å². The Bertz CT molecular complexity index is 2480. The van der Waals surface area contributed by atoms with Gasteiger partial charge in [0.05, 0.1) is 0 Å². The number of benzene rings is 6. The zero-order valence-electron chi connectivity index (χ0n) is 26.9. The Balaban J connectivity index is 1.33. The second-order valence-electron chi connectivity index (χ2n) is 13.1. The summed E-state index contributed by atoms with van der Waals surface area (Å²) in [6, 6.07) is 34.8. The molecule has 0 aliphatic heterocycles. The van der Waals surface area contributed by atoms with E-state index < -0.39 is 0 Å². The second kappa shape index (κ2) is 10.3. The largest absolute Gasteiger partial charge is 0.456 e. The summed E-state index contributed by atoms with van der Waals surface area (Å²) in [5, 5.41) is 9.56. The number of hydrogen-bond acceptors (Lipinski definition) is 1. The monoisotopic (exact) mass is 592 g/mol. The Morgan fingerprint density at radius 1 is 0.696 bits per heavy atom. The number of allylic oxidation sites excluding steroid dienone is 8. The SMILES string of the molecule is C=C1/C(=C\C(=C)c2c3ccccc3c(/C(C)=C/C=C\C)c3ccccc23)C(C)(C)c2ccc3cc4oc5ccccc5c4cc3c21. The van der Waals surface area contributed by atoms with Crippen LogP contribution in [0.1, 0.15) is 49.9 Å². The smallest absolute Gasteiger partial charge is 0.136 e. The minimum Gasteiger partial charge on any atom is -0.456 e. The van der Waals surface area contributed by atoms with Gasteiger partial charge in [-0.05, 0) is 109 Å². The van der Waals surface area contributed by atoms with Crippen LogP contribution >= 0.6 is 0 Å². The van der Waals surface area contributed by atoms with Crippen molar-refractivity contribution in [3.8, 4) is 0 Å². The van der Waals surface area contributed by atoms with Gasteiger partial charge in [0.2, 0.25) is 0 Å². The molecule has 46 heavy (non-hydrogen) atoms. The third-order valence-electron chi connectivity index (χ3n) is 9.99. The zero-order chi connectivity index (χ0) is 31.7. The van der Waals surface area contributed by atoms with Crippen LogP contribution in [0, 0.1) is 0 Å². The van der Waals surface area contributed by atoms with E-state index >= 15 is 0 Å². The molecule has 0 atom stereocenters. The predicted octanol–water partition coefficient (Wildman–Crippen LogP) is 13.0. The Hall–Kier alpha value is -5.40. The Kier molecular flexibility index (Phi) is 6.31. The van der Waals surface area contributed by atoms with E-state index in [0.29, 0.717) is 0 Å². The van der Waals surface area contributed by atoms with Gasteiger partial charge < -0.3 is 4.42 Å². The first kappa shape index (κ1) is 28.1. The van der Waals surface area contributed by atoms with Crippen LogP contribution in [0.3, 0.4) is 0 Å². The summed E-state index contributed by atoms with van der Waals surface area (Å²) in [7, 11) is 0. The fourth-order valence-corrected chi connectivity index (χ4v) is 7.78. The van der Waals surface area contributed by atoms with Crippen LogP contribution in [-0.2, 0) is 5.41 Å². The maximum Gasteiger partial charge on any atom is 0.136 e. The number of rotatable bonds is 4. The normalized spacial score (nSPS) is 15.8. The molecule has 0 N–H and O–H groups in total. The quantitative estimate of drug-likeness (QED) is 0.146. The molecule has 222 valence electrons. The van der Waals surface area contributed by atoms with Crippen molar-refractivity contribution in [2.45, 2.75) is 33.1 Å². The van der Waals surface area contributed by atoms with Crippen LogP contribution in [0.2, 0.25) is 0 Å². The van der Waals surface area contributed by atoms with Gasteiger partial charge in [-0.2, -0.15) is 0 Å². The van der Waals surface area contributed by atoms with Gasteiger partial charge in [0.25, 0.3) is 0 Å². The van der Waals surface area contributed by atoms with Crippen molar-refractivity contribution < 1.29 is 4.42 Å². The lowest BCUT2D eigenvalue weighted by atomic mass is 9.80. The Morgan fingerprint density at radius 3 is 1.96 bits per heavy atom. The molecule has 1 aliphatic rings. The van der Waals surface area contributed by atoms with Crippen LogP contribution in [0.4, 0.5) is 0 Å². The molecule has 0 fully saturated rings. The van der Waals surface area contributed by atoms with Gasteiger partial charge in [-0.15, -0.1) is 0 Å². The molecular weight excluding hydrogens is 556 g/mol. The molecule has 0 saturated heterocycles. The van der Waals surface area contributed by atoms with Crippen molar-refractivity contribution >= 4 is 71.0 Å². The van der Waals surface area contributed by atoms with Gasteiger partial charge in [0.15, 0.2) is 0 Å². The third-order valence-corrected chi connectivity index (χ3v) is 9.99. The Morgan fingerprint density at radius 2 is 1.30 bits per heavy atom. The van der Waals surface area contributed by atoms with E-state index in [1.807, 2.05) is 12.1 Å². The van der Waals surface area contributed by atoms with Crippen LogP contribution in [0.15, 0.2) is 145 Å². The summed E-state index contributed by atoms with van der Waals surface area (Å²) in [6.45, 7) is 18.4. The lowest BCUT2D eigenvalue weighted by Gasteiger charge is -2.23. The highest BCUT2D eigenvalue weighted by molar-refractivity contribution is 6.18. The first-order valence-corrected chi connectivity index (χ1v) is 16.0. The molecule has 8 rings (SSSR count). The Labute approximate surface area is 270 Å². The molecule has 0 unspecified atom stereocenters. The van der Waals surface area contributed by atoms with Gasteiger partial charge >= 0.3 is 0 Å². The highest BCUT2D eigenvalue weighted by Crippen LogP contribution is 2.53. The minimum atomic E-state index is -0.242. The van der Waals surface area contributed by atoms with Gasteiger partial charge in [-0.1, -0.05) is 130 Å². The van der Waals surface area contributed by atoms with Crippen molar-refractivity contribution in [2.75, 3.05) is 0 Å². The van der Waals surface area contributed by atoms with E-state index in [9.17, 15) is 0 Å². The van der Waals surface area contributed by atoms with Crippen LogP contribution in [0.25, 0.3) is 71.0 Å². The number of para-hydroxylation sites is 1. The molecule has 1 nitrogen and oxygen atoms in total. The number of fused-ring (bicyclic) bond motifs is 8. The minimum absolute atomic E-state index is 0.242. The van der Waals surface area contributed by atoms with Crippen molar-refractivity contribution in [3.63, 3.8) is 0 Å². The zero-order valence-corrected chi connectivity index (χ0v) is 26.9. The summed E-state index contributed by atoms with van der Waals surface area (Å²) in [5.74, 6) is 0. The molecule has 0 saturated carbocycles. The average molecular weight is 593 g/mol. The van der Waals surface area contributed by atoms with Crippen molar-refractivity contribution in [1.29, 1.82) is 0 Å². The third kappa shape index (κ3) is 4.01. The first-order chi connectivity index (χ1) is 22.3. The summed E-state index contributed by atoms with van der Waals surface area (Å²) in [5.41, 5.74) is 11.1. The molecule has 1 aliphatic carbocycles. The van der Waals surface area contributed by atoms with Crippen molar-refractivity contribution in [3.05, 3.63) is 162 Å². The summed E-state index contributed by atoms with van der Waals surface area (Å²) < 4.78 is 6.23. The van der Waals surface area contributed by atoms with Crippen LogP contribution < -0.4 is 0 Å². The molecule has 0 amide bonds. The van der Waals surface area contributed by atoms with Gasteiger partial charge in [0.1, 0.15) is 11.2 Å². The van der Waals surface area contributed by atoms with Crippen LogP contribution in [-0.4, -0.2) is 0 Å². The molecule has 1 heteroatoms. The number of furan rings is 1. The van der Waals surface area contributed by atoms with Crippen molar-refractivity contribution in [2.24, 2.45) is 0 Å². The highest BCUT2D eigenvalue weighted by Gasteiger charge is 2.38. The number of hydrogen-bond donors (Lipinski definition) is 0. The standard InChI is InChI=1S/C45H36O/c1-7-8-15-27(2)42-32-17-9-11-19-34(32)43(35-20-12-10-18-33(35)42)28(3)24-39-29(4)44-36-26-37-31-16-13-14-21-40(31)46-41(37)25-30(36)22-23-38(44)45(39,5)6/h7-26H,3-4H2,1-2,5-6H3/b8-7-,27-15+,39-24+. The topological polar surface area (TPSA) is 13.1 Å². The maximum absolute atomic E-state index is 6.23. The highest BCUT2D eigenvalue weighted by atomic mass is 16.3. The molecule has 1 aromatic heterocycles. The van der Waals surface area contributed by atoms with E-state index in [-0.39, 0.29) is 5.41 Å². The molecule has 0 radical (unpaired) electrons. The molecule has 6 aromatic carbocycles. The molecule has 0 spiro atoms. The summed E-state index contributed by atoms with van der Waals surface area (Å²) in [6.07, 6.45) is 8.70. The van der Waals surface area contributed by atoms with Crippen molar-refractivity contribution in [1.82, 2.24) is 0 Å². The van der Waals surface area contributed by atoms with Gasteiger partial charge in [0, 0.05) is 16.2 Å². The first-order valence-electron chi connectivity index (χ1n) is 16.0. The average Bonchev–Trinajstić information content (AvgIpc) is 3.52. The van der Waals surface area contributed by atoms with E-state index in [1.165, 1.54) is 60.3 Å². The fourth-order valence-electron chi connectivity index (χ4n) is 7.78. The van der Waals surface area contributed by atoms with Gasteiger partial charge in [-0.25, -0.2) is 0 Å². The fraction of sp³-hybridized carbons (Fsp3) is 0.111. The van der Waals surface area contributed by atoms with E-state index in [2.05, 4.69) is 137 Å². The lowest BCUT2D eigenvalue weighted by Crippen LogP contribution is -2.15.